The number of hydrogen-bond acceptors (Lipinski definition) is 0. The number of allylic oxidation sites excluding steroid dienone is 2. The number of fused-ring (bicyclic) bond motifs is 1. The van der Waals surface area contributed by atoms with Crippen molar-refractivity contribution < 1.29 is 0 Å². The van der Waals surface area contributed by atoms with E-state index >= 15 is 0 Å². The Labute approximate surface area is 89.7 Å². The van der Waals surface area contributed by atoms with Crippen LogP contribution >= 0.6 is 0 Å². The lowest BCUT2D eigenvalue weighted by Crippen LogP contribution is -2.25. The van der Waals surface area contributed by atoms with Gasteiger partial charge in [-0.2, -0.15) is 0 Å². The molecular formula is C14H15N. The maximum atomic E-state index is 4.11. The standard InChI is InChI=1S/C14H15N/c1-4-5-8-12-11(2)15(3)14-10-7-6-9-13(12)14/h4-10H,2H2,1,3H3/b5-4-,12-8+. The highest BCUT2D eigenvalue weighted by Gasteiger charge is 2.00. The van der Waals surface area contributed by atoms with Crippen molar-refractivity contribution in [3.05, 3.63) is 47.0 Å². The van der Waals surface area contributed by atoms with Crippen LogP contribution < -0.4 is 10.6 Å². The third kappa shape index (κ3) is 1.50. The summed E-state index contributed by atoms with van der Waals surface area (Å²) in [6, 6.07) is 8.38. The Morgan fingerprint density at radius 3 is 2.73 bits per heavy atom. The smallest absolute Gasteiger partial charge is 0.0488 e. The first-order chi connectivity index (χ1) is 7.25. The van der Waals surface area contributed by atoms with Crippen LogP contribution in [0.4, 0.5) is 0 Å². The van der Waals surface area contributed by atoms with Crippen molar-refractivity contribution in [3.8, 4) is 0 Å². The molecule has 1 nitrogen and oxygen atoms in total. The van der Waals surface area contributed by atoms with Gasteiger partial charge < -0.3 is 4.57 Å². The zero-order valence-corrected chi connectivity index (χ0v) is 9.20. The molecule has 0 aliphatic heterocycles. The van der Waals surface area contributed by atoms with Gasteiger partial charge in [-0.05, 0) is 13.0 Å². The zero-order chi connectivity index (χ0) is 10.8. The summed E-state index contributed by atoms with van der Waals surface area (Å²) in [7, 11) is 2.05. The number of benzene rings is 1. The quantitative estimate of drug-likeness (QED) is 0.658. The van der Waals surface area contributed by atoms with Crippen molar-refractivity contribution in [2.45, 2.75) is 6.92 Å². The lowest BCUT2D eigenvalue weighted by molar-refractivity contribution is 0.928. The van der Waals surface area contributed by atoms with Gasteiger partial charge in [0, 0.05) is 28.5 Å². The Morgan fingerprint density at radius 1 is 1.27 bits per heavy atom. The topological polar surface area (TPSA) is 4.93 Å². The fourth-order valence-corrected chi connectivity index (χ4v) is 1.85. The predicted octanol–water partition coefficient (Wildman–Crippen LogP) is 1.95. The minimum Gasteiger partial charge on any atom is -0.344 e. The van der Waals surface area contributed by atoms with Crippen molar-refractivity contribution in [1.82, 2.24) is 4.57 Å². The average molecular weight is 197 g/mol. The number of aromatic nitrogens is 1. The molecular weight excluding hydrogens is 182 g/mol. The monoisotopic (exact) mass is 197 g/mol. The molecule has 2 aromatic rings. The van der Waals surface area contributed by atoms with E-state index in [0.717, 1.165) is 5.35 Å². The van der Waals surface area contributed by atoms with Crippen LogP contribution in [0.5, 0.6) is 0 Å². The van der Waals surface area contributed by atoms with Crippen LogP contribution in [0.15, 0.2) is 36.4 Å². The summed E-state index contributed by atoms with van der Waals surface area (Å²) in [6.45, 7) is 6.13. The van der Waals surface area contributed by atoms with Crippen molar-refractivity contribution in [2.75, 3.05) is 0 Å². The molecule has 1 aromatic carbocycles. The second-order valence-electron chi connectivity index (χ2n) is 3.63. The molecule has 0 unspecified atom stereocenters. The third-order valence-electron chi connectivity index (χ3n) is 2.73. The summed E-state index contributed by atoms with van der Waals surface area (Å²) in [5, 5.41) is 3.55. The maximum absolute atomic E-state index is 4.11. The Balaban J connectivity index is 2.97. The summed E-state index contributed by atoms with van der Waals surface area (Å²) >= 11 is 0. The Kier molecular flexibility index (Phi) is 2.46. The van der Waals surface area contributed by atoms with E-state index in [0.29, 0.717) is 0 Å². The summed E-state index contributed by atoms with van der Waals surface area (Å²) in [5.74, 6) is 0. The molecule has 0 amide bonds. The van der Waals surface area contributed by atoms with Crippen molar-refractivity contribution >= 4 is 23.6 Å². The van der Waals surface area contributed by atoms with Gasteiger partial charge in [0.2, 0.25) is 0 Å². The van der Waals surface area contributed by atoms with Crippen molar-refractivity contribution in [2.24, 2.45) is 7.05 Å². The van der Waals surface area contributed by atoms with E-state index in [1.54, 1.807) is 0 Å². The summed E-state index contributed by atoms with van der Waals surface area (Å²) in [4.78, 5) is 0. The molecule has 0 aliphatic rings. The number of para-hydroxylation sites is 1. The van der Waals surface area contributed by atoms with Crippen molar-refractivity contribution in [3.63, 3.8) is 0 Å². The molecule has 0 atom stereocenters. The minimum atomic E-state index is 1.06. The number of rotatable bonds is 1. The molecule has 76 valence electrons. The molecule has 15 heavy (non-hydrogen) atoms. The van der Waals surface area contributed by atoms with Gasteiger partial charge in [0.25, 0.3) is 0 Å². The van der Waals surface area contributed by atoms with Crippen LogP contribution in [0, 0.1) is 0 Å². The van der Waals surface area contributed by atoms with Crippen LogP contribution in [-0.2, 0) is 7.05 Å². The van der Waals surface area contributed by atoms with Gasteiger partial charge in [0.05, 0.1) is 0 Å². The number of aryl methyl sites for hydroxylation is 1. The average Bonchev–Trinajstić information content (AvgIpc) is 2.51. The van der Waals surface area contributed by atoms with Crippen LogP contribution in [-0.4, -0.2) is 4.57 Å². The maximum Gasteiger partial charge on any atom is 0.0488 e. The molecule has 0 bridgehead atoms. The largest absolute Gasteiger partial charge is 0.344 e. The fraction of sp³-hybridized carbons (Fsp3) is 0.143. The van der Waals surface area contributed by atoms with E-state index < -0.39 is 0 Å². The van der Waals surface area contributed by atoms with Crippen LogP contribution in [0.3, 0.4) is 0 Å². The Bertz CT molecular complexity index is 615. The normalized spacial score (nSPS) is 13.1. The molecule has 1 heterocycles. The molecule has 0 spiro atoms. The third-order valence-corrected chi connectivity index (χ3v) is 2.73. The molecule has 1 aromatic heterocycles. The predicted molar refractivity (Wildman–Crippen MR) is 67.0 cm³/mol. The SMILES string of the molecule is C=c1/c(=C\C=C/C)c2ccccc2n1C. The van der Waals surface area contributed by atoms with E-state index in [1.165, 1.54) is 16.1 Å². The molecule has 2 rings (SSSR count). The van der Waals surface area contributed by atoms with Crippen molar-refractivity contribution in [1.29, 1.82) is 0 Å². The van der Waals surface area contributed by atoms with Gasteiger partial charge >= 0.3 is 0 Å². The molecule has 0 saturated carbocycles. The highest BCUT2D eigenvalue weighted by molar-refractivity contribution is 5.82. The minimum absolute atomic E-state index is 1.06. The van der Waals surface area contributed by atoms with Crippen LogP contribution in [0.2, 0.25) is 0 Å². The van der Waals surface area contributed by atoms with Gasteiger partial charge in [0.15, 0.2) is 0 Å². The zero-order valence-electron chi connectivity index (χ0n) is 9.20. The first kappa shape index (κ1) is 9.78. The van der Waals surface area contributed by atoms with E-state index in [-0.39, 0.29) is 0 Å². The van der Waals surface area contributed by atoms with E-state index in [4.69, 9.17) is 0 Å². The van der Waals surface area contributed by atoms with E-state index in [2.05, 4.69) is 54.6 Å². The lowest BCUT2D eigenvalue weighted by atomic mass is 10.2. The number of nitrogens with zero attached hydrogens (tertiary/aromatic N) is 1. The first-order valence-corrected chi connectivity index (χ1v) is 5.11. The van der Waals surface area contributed by atoms with Gasteiger partial charge in [-0.25, -0.2) is 0 Å². The molecule has 0 saturated heterocycles. The van der Waals surface area contributed by atoms with Gasteiger partial charge in [-0.15, -0.1) is 0 Å². The highest BCUT2D eigenvalue weighted by Crippen LogP contribution is 2.06. The van der Waals surface area contributed by atoms with Gasteiger partial charge in [-0.1, -0.05) is 43.0 Å². The summed E-state index contributed by atoms with van der Waals surface area (Å²) in [6.07, 6.45) is 6.20. The fourth-order valence-electron chi connectivity index (χ4n) is 1.85. The van der Waals surface area contributed by atoms with E-state index in [1.807, 2.05) is 13.0 Å². The lowest BCUT2D eigenvalue weighted by Gasteiger charge is -1.93. The number of hydrogen-bond donors (Lipinski definition) is 0. The Morgan fingerprint density at radius 2 is 2.00 bits per heavy atom. The van der Waals surface area contributed by atoms with Gasteiger partial charge in [-0.3, -0.25) is 0 Å². The van der Waals surface area contributed by atoms with Gasteiger partial charge in [0.1, 0.15) is 0 Å². The molecule has 0 aliphatic carbocycles. The van der Waals surface area contributed by atoms with Crippen LogP contribution in [0.1, 0.15) is 6.92 Å². The van der Waals surface area contributed by atoms with Crippen LogP contribution in [0.25, 0.3) is 23.6 Å². The summed E-state index contributed by atoms with van der Waals surface area (Å²) in [5.41, 5.74) is 1.23. The van der Waals surface area contributed by atoms with E-state index in [9.17, 15) is 0 Å². The molecule has 1 heteroatoms. The second-order valence-corrected chi connectivity index (χ2v) is 3.63. The molecule has 0 fully saturated rings. The highest BCUT2D eigenvalue weighted by atomic mass is 14.9. The molecule has 0 radical (unpaired) electrons. The second kappa shape index (κ2) is 3.77. The first-order valence-electron chi connectivity index (χ1n) is 5.11. The molecule has 0 N–H and O–H groups in total. The summed E-state index contributed by atoms with van der Waals surface area (Å²) < 4.78 is 2.13. The Hall–Kier alpha value is -1.76.